The first kappa shape index (κ1) is 13.2. The van der Waals surface area contributed by atoms with E-state index >= 15 is 0 Å². The largest absolute Gasteiger partial charge is 0.461 e. The molecule has 0 unspecified atom stereocenters. The Morgan fingerprint density at radius 1 is 0.905 bits per heavy atom. The number of benzene rings is 2. The molecule has 21 heavy (non-hydrogen) atoms. The van der Waals surface area contributed by atoms with Crippen molar-refractivity contribution in [3.63, 3.8) is 0 Å². The molecule has 1 amide bonds. The quantitative estimate of drug-likeness (QED) is 0.765. The van der Waals surface area contributed by atoms with Crippen LogP contribution in [-0.2, 0) is 0 Å². The van der Waals surface area contributed by atoms with Crippen molar-refractivity contribution in [2.45, 2.75) is 6.92 Å². The maximum absolute atomic E-state index is 12.0. The molecule has 1 heterocycles. The van der Waals surface area contributed by atoms with E-state index in [-0.39, 0.29) is 5.91 Å². The van der Waals surface area contributed by atoms with Gasteiger partial charge in [-0.3, -0.25) is 4.79 Å². The fraction of sp³-hybridized carbons (Fsp3) is 0.0556. The Balaban J connectivity index is 1.74. The Morgan fingerprint density at radius 3 is 2.24 bits per heavy atom. The van der Waals surface area contributed by atoms with Gasteiger partial charge in [-0.05, 0) is 55.5 Å². The van der Waals surface area contributed by atoms with Crippen molar-refractivity contribution in [3.05, 3.63) is 78.1 Å². The van der Waals surface area contributed by atoms with Crippen LogP contribution in [0.1, 0.15) is 16.1 Å². The lowest BCUT2D eigenvalue weighted by Gasteiger charge is -2.06. The van der Waals surface area contributed by atoms with E-state index in [4.69, 9.17) is 4.42 Å². The third-order valence-corrected chi connectivity index (χ3v) is 3.20. The summed E-state index contributed by atoms with van der Waals surface area (Å²) in [6.07, 6.45) is 0. The fourth-order valence-corrected chi connectivity index (χ4v) is 2.10. The number of aryl methyl sites for hydroxylation is 1. The number of nitrogens with one attached hydrogen (secondary N) is 1. The third-order valence-electron chi connectivity index (χ3n) is 3.20. The highest BCUT2D eigenvalue weighted by molar-refractivity contribution is 6.04. The van der Waals surface area contributed by atoms with Gasteiger partial charge in [0.25, 0.3) is 5.91 Å². The van der Waals surface area contributed by atoms with Crippen molar-refractivity contribution >= 4 is 11.6 Å². The minimum Gasteiger partial charge on any atom is -0.461 e. The molecule has 3 rings (SSSR count). The van der Waals surface area contributed by atoms with Crippen LogP contribution in [0.4, 0.5) is 5.69 Å². The first-order valence-electron chi connectivity index (χ1n) is 6.76. The highest BCUT2D eigenvalue weighted by Crippen LogP contribution is 2.23. The van der Waals surface area contributed by atoms with E-state index in [0.717, 1.165) is 22.8 Å². The summed E-state index contributed by atoms with van der Waals surface area (Å²) < 4.78 is 5.57. The van der Waals surface area contributed by atoms with Crippen LogP contribution in [0, 0.1) is 6.92 Å². The monoisotopic (exact) mass is 277 g/mol. The SMILES string of the molecule is Cc1ccc(-c2ccc(NC(=O)c3ccccc3)cc2)o1. The topological polar surface area (TPSA) is 42.2 Å². The molecule has 0 aliphatic carbocycles. The molecule has 0 saturated heterocycles. The Morgan fingerprint density at radius 2 is 1.62 bits per heavy atom. The zero-order valence-corrected chi connectivity index (χ0v) is 11.7. The molecule has 1 aromatic heterocycles. The van der Waals surface area contributed by atoms with Crippen LogP contribution in [0.5, 0.6) is 0 Å². The molecule has 0 fully saturated rings. The maximum atomic E-state index is 12.0. The lowest BCUT2D eigenvalue weighted by Crippen LogP contribution is -2.11. The number of anilines is 1. The smallest absolute Gasteiger partial charge is 0.255 e. The third kappa shape index (κ3) is 3.03. The summed E-state index contributed by atoms with van der Waals surface area (Å²) in [6, 6.07) is 20.6. The average Bonchev–Trinajstić information content (AvgIpc) is 2.95. The maximum Gasteiger partial charge on any atom is 0.255 e. The molecule has 0 radical (unpaired) electrons. The van der Waals surface area contributed by atoms with Gasteiger partial charge >= 0.3 is 0 Å². The van der Waals surface area contributed by atoms with Crippen molar-refractivity contribution in [2.75, 3.05) is 5.32 Å². The van der Waals surface area contributed by atoms with Crippen molar-refractivity contribution in [1.29, 1.82) is 0 Å². The van der Waals surface area contributed by atoms with Crippen LogP contribution in [0.2, 0.25) is 0 Å². The molecule has 3 nitrogen and oxygen atoms in total. The van der Waals surface area contributed by atoms with Gasteiger partial charge in [-0.2, -0.15) is 0 Å². The Kier molecular flexibility index (Phi) is 3.56. The Labute approximate surface area is 123 Å². The second-order valence-corrected chi connectivity index (χ2v) is 4.81. The zero-order chi connectivity index (χ0) is 14.7. The van der Waals surface area contributed by atoms with Gasteiger partial charge in [-0.15, -0.1) is 0 Å². The van der Waals surface area contributed by atoms with Crippen molar-refractivity contribution in [3.8, 4) is 11.3 Å². The number of furan rings is 1. The van der Waals surface area contributed by atoms with Gasteiger partial charge in [-0.25, -0.2) is 0 Å². The van der Waals surface area contributed by atoms with Crippen LogP contribution in [0.3, 0.4) is 0 Å². The van der Waals surface area contributed by atoms with Crippen molar-refractivity contribution < 1.29 is 9.21 Å². The van der Waals surface area contributed by atoms with Crippen molar-refractivity contribution in [2.24, 2.45) is 0 Å². The van der Waals surface area contributed by atoms with E-state index < -0.39 is 0 Å². The van der Waals surface area contributed by atoms with Crippen LogP contribution in [0.15, 0.2) is 71.1 Å². The number of rotatable bonds is 3. The summed E-state index contributed by atoms with van der Waals surface area (Å²) in [5, 5.41) is 2.87. The molecule has 0 bridgehead atoms. The van der Waals surface area contributed by atoms with Gasteiger partial charge in [0.1, 0.15) is 11.5 Å². The summed E-state index contributed by atoms with van der Waals surface area (Å²) in [5.74, 6) is 1.59. The molecular formula is C18H15NO2. The lowest BCUT2D eigenvalue weighted by molar-refractivity contribution is 0.102. The first-order chi connectivity index (χ1) is 10.2. The summed E-state index contributed by atoms with van der Waals surface area (Å²) in [7, 11) is 0. The normalized spacial score (nSPS) is 10.3. The molecule has 3 aromatic rings. The van der Waals surface area contributed by atoms with Gasteiger partial charge in [0.2, 0.25) is 0 Å². The number of hydrogen-bond acceptors (Lipinski definition) is 2. The predicted molar refractivity (Wildman–Crippen MR) is 83.3 cm³/mol. The van der Waals surface area contributed by atoms with Gasteiger partial charge < -0.3 is 9.73 Å². The van der Waals surface area contributed by atoms with E-state index in [0.29, 0.717) is 5.56 Å². The van der Waals surface area contributed by atoms with Crippen molar-refractivity contribution in [1.82, 2.24) is 0 Å². The highest BCUT2D eigenvalue weighted by Gasteiger charge is 2.06. The summed E-state index contributed by atoms with van der Waals surface area (Å²) >= 11 is 0. The van der Waals surface area contributed by atoms with E-state index in [9.17, 15) is 4.79 Å². The lowest BCUT2D eigenvalue weighted by atomic mass is 10.1. The van der Waals surface area contributed by atoms with E-state index in [2.05, 4.69) is 5.32 Å². The zero-order valence-electron chi connectivity index (χ0n) is 11.7. The molecule has 2 aromatic carbocycles. The van der Waals surface area contributed by atoms with Gasteiger partial charge in [0.05, 0.1) is 0 Å². The average molecular weight is 277 g/mol. The summed E-state index contributed by atoms with van der Waals surface area (Å²) in [6.45, 7) is 1.91. The molecule has 0 atom stereocenters. The van der Waals surface area contributed by atoms with Crippen LogP contribution in [-0.4, -0.2) is 5.91 Å². The Bertz CT molecular complexity index is 742. The van der Waals surface area contributed by atoms with E-state index in [1.54, 1.807) is 12.1 Å². The second kappa shape index (κ2) is 5.67. The molecule has 0 aliphatic rings. The second-order valence-electron chi connectivity index (χ2n) is 4.81. The molecule has 104 valence electrons. The van der Waals surface area contributed by atoms with E-state index in [1.165, 1.54) is 0 Å². The van der Waals surface area contributed by atoms with Crippen LogP contribution in [0.25, 0.3) is 11.3 Å². The molecule has 1 N–H and O–H groups in total. The molecule has 3 heteroatoms. The van der Waals surface area contributed by atoms with Gasteiger partial charge in [0, 0.05) is 16.8 Å². The van der Waals surface area contributed by atoms with E-state index in [1.807, 2.05) is 61.5 Å². The van der Waals surface area contributed by atoms with Gasteiger partial charge in [-0.1, -0.05) is 18.2 Å². The number of carbonyl (C=O) groups is 1. The molecule has 0 spiro atoms. The molecule has 0 aliphatic heterocycles. The number of amides is 1. The predicted octanol–water partition coefficient (Wildman–Crippen LogP) is 4.51. The van der Waals surface area contributed by atoms with Gasteiger partial charge in [0.15, 0.2) is 0 Å². The first-order valence-corrected chi connectivity index (χ1v) is 6.76. The minimum atomic E-state index is -0.114. The minimum absolute atomic E-state index is 0.114. The standard InChI is InChI=1S/C18H15NO2/c1-13-7-12-17(21-13)14-8-10-16(11-9-14)19-18(20)15-5-3-2-4-6-15/h2-12H,1H3,(H,19,20). The summed E-state index contributed by atoms with van der Waals surface area (Å²) in [4.78, 5) is 12.0. The summed E-state index contributed by atoms with van der Waals surface area (Å²) in [5.41, 5.74) is 2.39. The highest BCUT2D eigenvalue weighted by atomic mass is 16.3. The van der Waals surface area contributed by atoms with Crippen LogP contribution < -0.4 is 5.32 Å². The fourth-order valence-electron chi connectivity index (χ4n) is 2.10. The Hall–Kier alpha value is -2.81. The molecular weight excluding hydrogens is 262 g/mol. The number of hydrogen-bond donors (Lipinski definition) is 1. The van der Waals surface area contributed by atoms with Crippen LogP contribution >= 0.6 is 0 Å². The number of carbonyl (C=O) groups excluding carboxylic acids is 1. The molecule has 0 saturated carbocycles.